The van der Waals surface area contributed by atoms with Crippen molar-refractivity contribution >= 4 is 22.2 Å². The van der Waals surface area contributed by atoms with E-state index in [1.54, 1.807) is 23.1 Å². The van der Waals surface area contributed by atoms with Crippen LogP contribution in [0.15, 0.2) is 18.2 Å². The lowest BCUT2D eigenvalue weighted by atomic mass is 10.00. The van der Waals surface area contributed by atoms with E-state index in [-0.39, 0.29) is 36.6 Å². The molecule has 0 aromatic heterocycles. The van der Waals surface area contributed by atoms with Gasteiger partial charge in [0.25, 0.3) is 12.4 Å². The third-order valence-corrected chi connectivity index (χ3v) is 7.64. The Kier molecular flexibility index (Phi) is 5.80. The number of nitrogens with zero attached hydrogens (tertiary/aromatic N) is 2. The Bertz CT molecular complexity index is 855. The molecule has 1 aromatic rings. The van der Waals surface area contributed by atoms with Crippen LogP contribution in [0.2, 0.25) is 0 Å². The second-order valence-electron chi connectivity index (χ2n) is 7.21. The van der Waals surface area contributed by atoms with Gasteiger partial charge >= 0.3 is 0 Å². The van der Waals surface area contributed by atoms with Crippen molar-refractivity contribution in [3.8, 4) is 11.5 Å². The highest BCUT2D eigenvalue weighted by Gasteiger charge is 2.53. The number of ether oxygens (including phenoxy) is 2. The molecule has 1 aromatic carbocycles. The van der Waals surface area contributed by atoms with Gasteiger partial charge in [-0.15, -0.1) is 0 Å². The van der Waals surface area contributed by atoms with Crippen LogP contribution in [0.5, 0.6) is 11.5 Å². The number of fused-ring (bicyclic) bond motifs is 2. The standard InChI is InChI=1S/C17H22N2O5S.CH2O2/c1-18(2)13-10-25(21,22)15-9-19(8-12(13)15)17(20)11-4-3-5-14-16(11)24-7-6-23-14;2-1-3/h3-5,12-13,15H,6-10H2,1-2H3;1H,(H,2,3)/t12-,13+,15-;/m0./s1. The number of para-hydroxylation sites is 1. The first-order chi connectivity index (χ1) is 13.3. The normalized spacial score (nSPS) is 27.0. The highest BCUT2D eigenvalue weighted by molar-refractivity contribution is 7.92. The van der Waals surface area contributed by atoms with Gasteiger partial charge in [0.15, 0.2) is 21.3 Å². The molecule has 10 heteroatoms. The Hall–Kier alpha value is -2.33. The monoisotopic (exact) mass is 412 g/mol. The van der Waals surface area contributed by atoms with E-state index in [4.69, 9.17) is 19.4 Å². The summed E-state index contributed by atoms with van der Waals surface area (Å²) in [7, 11) is 0.614. The molecule has 0 unspecified atom stereocenters. The molecule has 0 radical (unpaired) electrons. The van der Waals surface area contributed by atoms with Crippen molar-refractivity contribution < 1.29 is 32.6 Å². The van der Waals surface area contributed by atoms with Crippen LogP contribution >= 0.6 is 0 Å². The lowest BCUT2D eigenvalue weighted by Gasteiger charge is -2.26. The van der Waals surface area contributed by atoms with Gasteiger partial charge in [-0.3, -0.25) is 9.59 Å². The summed E-state index contributed by atoms with van der Waals surface area (Å²) in [5.74, 6) is 0.970. The van der Waals surface area contributed by atoms with Crippen molar-refractivity contribution in [3.05, 3.63) is 23.8 Å². The summed E-state index contributed by atoms with van der Waals surface area (Å²) in [5.41, 5.74) is 0.441. The van der Waals surface area contributed by atoms with E-state index in [9.17, 15) is 13.2 Å². The zero-order valence-electron chi connectivity index (χ0n) is 15.8. The molecule has 3 aliphatic heterocycles. The maximum atomic E-state index is 13.0. The predicted molar refractivity (Wildman–Crippen MR) is 101 cm³/mol. The Morgan fingerprint density at radius 2 is 1.93 bits per heavy atom. The van der Waals surface area contributed by atoms with Crippen LogP contribution in [-0.4, -0.2) is 93.1 Å². The quantitative estimate of drug-likeness (QED) is 0.673. The molecule has 0 aliphatic carbocycles. The maximum absolute atomic E-state index is 13.0. The summed E-state index contributed by atoms with van der Waals surface area (Å²) in [6, 6.07) is 5.20. The summed E-state index contributed by atoms with van der Waals surface area (Å²) in [6.07, 6.45) is 0. The van der Waals surface area contributed by atoms with Gasteiger partial charge in [-0.1, -0.05) is 6.07 Å². The fourth-order valence-corrected chi connectivity index (χ4v) is 6.62. The van der Waals surface area contributed by atoms with Gasteiger partial charge in [0.1, 0.15) is 13.2 Å². The number of benzene rings is 1. The number of sulfone groups is 1. The van der Waals surface area contributed by atoms with Crippen LogP contribution in [0.3, 0.4) is 0 Å². The highest BCUT2D eigenvalue weighted by Crippen LogP contribution is 2.39. The summed E-state index contributed by atoms with van der Waals surface area (Å²) in [4.78, 5) is 25.0. The minimum absolute atomic E-state index is 0.0411. The molecule has 2 fully saturated rings. The van der Waals surface area contributed by atoms with Gasteiger partial charge in [0.2, 0.25) is 0 Å². The molecule has 3 atom stereocenters. The summed E-state index contributed by atoms with van der Waals surface area (Å²) in [6.45, 7) is 1.32. The second-order valence-corrected chi connectivity index (χ2v) is 9.47. The third-order valence-electron chi connectivity index (χ3n) is 5.41. The molecular formula is C18H24N2O7S. The van der Waals surface area contributed by atoms with Crippen molar-refractivity contribution in [1.29, 1.82) is 0 Å². The molecule has 3 aliphatic rings. The van der Waals surface area contributed by atoms with Gasteiger partial charge in [0, 0.05) is 25.0 Å². The minimum atomic E-state index is -3.18. The van der Waals surface area contributed by atoms with Crippen molar-refractivity contribution in [2.45, 2.75) is 11.3 Å². The predicted octanol–water partition coefficient (Wildman–Crippen LogP) is -0.0422. The van der Waals surface area contributed by atoms with Gasteiger partial charge in [0.05, 0.1) is 16.6 Å². The fraction of sp³-hybridized carbons (Fsp3) is 0.556. The largest absolute Gasteiger partial charge is 0.486 e. The SMILES string of the molecule is CN(C)[C@@H]1CS(=O)(=O)[C@H]2CN(C(=O)c3cccc4c3OCCO4)C[C@@H]12.O=CO. The zero-order chi connectivity index (χ0) is 20.5. The first-order valence-corrected chi connectivity index (χ1v) is 10.7. The summed E-state index contributed by atoms with van der Waals surface area (Å²) < 4.78 is 36.1. The topological polar surface area (TPSA) is 113 Å². The Labute approximate surface area is 163 Å². The molecule has 28 heavy (non-hydrogen) atoms. The first kappa shape index (κ1) is 20.4. The van der Waals surface area contributed by atoms with Gasteiger partial charge in [-0.05, 0) is 26.2 Å². The number of carbonyl (C=O) groups excluding carboxylic acids is 1. The van der Waals surface area contributed by atoms with E-state index in [1.165, 1.54) is 0 Å². The number of rotatable bonds is 2. The summed E-state index contributed by atoms with van der Waals surface area (Å²) >= 11 is 0. The fourth-order valence-electron chi connectivity index (χ4n) is 4.14. The van der Waals surface area contributed by atoms with Crippen LogP contribution in [0.4, 0.5) is 0 Å². The number of carbonyl (C=O) groups is 2. The number of carboxylic acid groups (broad SMARTS) is 1. The number of hydrogen-bond donors (Lipinski definition) is 1. The average Bonchev–Trinajstić information content (AvgIpc) is 3.21. The lowest BCUT2D eigenvalue weighted by Crippen LogP contribution is -2.38. The van der Waals surface area contributed by atoms with Crippen molar-refractivity contribution in [2.75, 3.05) is 46.2 Å². The van der Waals surface area contributed by atoms with E-state index < -0.39 is 15.1 Å². The van der Waals surface area contributed by atoms with Crippen LogP contribution in [0, 0.1) is 5.92 Å². The Morgan fingerprint density at radius 3 is 2.61 bits per heavy atom. The molecule has 9 nitrogen and oxygen atoms in total. The number of amides is 1. The second kappa shape index (κ2) is 7.96. The summed E-state index contributed by atoms with van der Waals surface area (Å²) in [5, 5.41) is 6.42. The third kappa shape index (κ3) is 3.66. The molecule has 0 spiro atoms. The molecule has 1 N–H and O–H groups in total. The first-order valence-electron chi connectivity index (χ1n) is 8.94. The van der Waals surface area contributed by atoms with Crippen molar-refractivity contribution in [2.24, 2.45) is 5.92 Å². The van der Waals surface area contributed by atoms with E-state index >= 15 is 0 Å². The Balaban J connectivity index is 0.000000706. The zero-order valence-corrected chi connectivity index (χ0v) is 16.6. The van der Waals surface area contributed by atoms with E-state index in [1.807, 2.05) is 19.0 Å². The molecule has 0 saturated carbocycles. The lowest BCUT2D eigenvalue weighted by molar-refractivity contribution is -0.122. The number of likely N-dealkylation sites (tertiary alicyclic amines) is 1. The minimum Gasteiger partial charge on any atom is -0.486 e. The Morgan fingerprint density at radius 1 is 1.25 bits per heavy atom. The van der Waals surface area contributed by atoms with E-state index in [2.05, 4.69) is 0 Å². The van der Waals surface area contributed by atoms with Gasteiger partial charge in [-0.25, -0.2) is 8.42 Å². The molecule has 154 valence electrons. The van der Waals surface area contributed by atoms with Crippen LogP contribution in [-0.2, 0) is 14.6 Å². The molecule has 1 amide bonds. The van der Waals surface area contributed by atoms with Gasteiger partial charge < -0.3 is 24.4 Å². The smallest absolute Gasteiger partial charge is 0.290 e. The van der Waals surface area contributed by atoms with Crippen LogP contribution in [0.25, 0.3) is 0 Å². The molecule has 0 bridgehead atoms. The van der Waals surface area contributed by atoms with Crippen LogP contribution in [0.1, 0.15) is 10.4 Å². The van der Waals surface area contributed by atoms with Crippen molar-refractivity contribution in [3.63, 3.8) is 0 Å². The molecule has 3 heterocycles. The van der Waals surface area contributed by atoms with E-state index in [0.29, 0.717) is 36.8 Å². The van der Waals surface area contributed by atoms with Crippen molar-refractivity contribution in [1.82, 2.24) is 9.80 Å². The molecule has 2 saturated heterocycles. The highest BCUT2D eigenvalue weighted by atomic mass is 32.2. The van der Waals surface area contributed by atoms with Gasteiger partial charge in [-0.2, -0.15) is 0 Å². The van der Waals surface area contributed by atoms with E-state index in [0.717, 1.165) is 0 Å². The van der Waals surface area contributed by atoms with Crippen LogP contribution < -0.4 is 9.47 Å². The average molecular weight is 412 g/mol. The maximum Gasteiger partial charge on any atom is 0.290 e. The molecular weight excluding hydrogens is 388 g/mol. The molecule has 4 rings (SSSR count). The number of hydrogen-bond acceptors (Lipinski definition) is 7.